The second-order valence-electron chi connectivity index (χ2n) is 8.78. The summed E-state index contributed by atoms with van der Waals surface area (Å²) >= 11 is 0. The molecule has 1 fully saturated rings. The Hall–Kier alpha value is -4.53. The van der Waals surface area contributed by atoms with Crippen LogP contribution < -0.4 is 10.2 Å². The van der Waals surface area contributed by atoms with Crippen molar-refractivity contribution in [1.29, 1.82) is 0 Å². The average Bonchev–Trinajstić information content (AvgIpc) is 2.86. The number of carbonyl (C=O) groups excluding carboxylic acids is 3. The van der Waals surface area contributed by atoms with Crippen molar-refractivity contribution in [3.63, 3.8) is 0 Å². The highest BCUT2D eigenvalue weighted by atomic mass is 16.6. The summed E-state index contributed by atoms with van der Waals surface area (Å²) in [6, 6.07) is 21.1. The average molecular weight is 470 g/mol. The summed E-state index contributed by atoms with van der Waals surface area (Å²) in [5, 5.41) is 13.8. The normalized spacial score (nSPS) is 21.6. The Bertz CT molecular complexity index is 1340. The number of benzene rings is 3. The van der Waals surface area contributed by atoms with Crippen molar-refractivity contribution in [2.75, 3.05) is 11.9 Å². The molecule has 0 radical (unpaired) electrons. The molecule has 4 amide bonds. The zero-order valence-electron chi connectivity index (χ0n) is 18.9. The van der Waals surface area contributed by atoms with Crippen molar-refractivity contribution in [3.8, 4) is 0 Å². The zero-order chi connectivity index (χ0) is 24.7. The van der Waals surface area contributed by atoms with Crippen LogP contribution in [-0.4, -0.2) is 34.7 Å². The van der Waals surface area contributed by atoms with Gasteiger partial charge in [-0.25, -0.2) is 4.79 Å². The maximum absolute atomic E-state index is 14.2. The Kier molecular flexibility index (Phi) is 5.32. The molecule has 0 saturated carbocycles. The van der Waals surface area contributed by atoms with E-state index in [0.717, 1.165) is 16.0 Å². The molecule has 176 valence electrons. The number of amides is 4. The molecule has 0 unspecified atom stereocenters. The number of fused-ring (bicyclic) bond motifs is 1. The SMILES string of the molecule is CN1c2ccc([N+](=O)[O-])cc2C[C@]2(C(=O)NC(=O)N(Cc3ccccc3)C2=O)[C@H]1c1ccccc1. The maximum Gasteiger partial charge on any atom is 0.331 e. The van der Waals surface area contributed by atoms with E-state index in [4.69, 9.17) is 0 Å². The van der Waals surface area contributed by atoms with Crippen LogP contribution in [0.1, 0.15) is 22.7 Å². The largest absolute Gasteiger partial charge is 0.366 e. The lowest BCUT2D eigenvalue weighted by molar-refractivity contribution is -0.384. The zero-order valence-corrected chi connectivity index (χ0v) is 18.9. The predicted octanol–water partition coefficient (Wildman–Crippen LogP) is 3.59. The first kappa shape index (κ1) is 22.3. The second-order valence-corrected chi connectivity index (χ2v) is 8.78. The molecule has 5 rings (SSSR count). The summed E-state index contributed by atoms with van der Waals surface area (Å²) in [4.78, 5) is 54.4. The van der Waals surface area contributed by atoms with Crippen LogP contribution >= 0.6 is 0 Å². The molecule has 1 spiro atoms. The number of nitro benzene ring substituents is 1. The van der Waals surface area contributed by atoms with Crippen molar-refractivity contribution >= 4 is 29.2 Å². The number of nitro groups is 1. The van der Waals surface area contributed by atoms with Crippen molar-refractivity contribution < 1.29 is 19.3 Å². The monoisotopic (exact) mass is 470 g/mol. The lowest BCUT2D eigenvalue weighted by Gasteiger charge is -2.51. The van der Waals surface area contributed by atoms with Gasteiger partial charge in [0.1, 0.15) is 0 Å². The van der Waals surface area contributed by atoms with Gasteiger partial charge in [0.2, 0.25) is 11.8 Å². The van der Waals surface area contributed by atoms with Crippen LogP contribution in [0.2, 0.25) is 0 Å². The molecule has 35 heavy (non-hydrogen) atoms. The fourth-order valence-corrected chi connectivity index (χ4v) is 5.19. The van der Waals surface area contributed by atoms with Gasteiger partial charge in [0.15, 0.2) is 5.41 Å². The highest BCUT2D eigenvalue weighted by molar-refractivity contribution is 6.20. The molecule has 0 aromatic heterocycles. The molecule has 0 bridgehead atoms. The Balaban J connectivity index is 1.69. The quantitative estimate of drug-likeness (QED) is 0.354. The predicted molar refractivity (Wildman–Crippen MR) is 127 cm³/mol. The number of imide groups is 2. The number of barbiturate groups is 1. The maximum atomic E-state index is 14.2. The minimum atomic E-state index is -1.71. The molecule has 2 heterocycles. The smallest absolute Gasteiger partial charge is 0.331 e. The van der Waals surface area contributed by atoms with Gasteiger partial charge in [-0.2, -0.15) is 0 Å². The molecule has 9 heteroatoms. The summed E-state index contributed by atoms with van der Waals surface area (Å²) in [6.45, 7) is -0.00639. The first-order chi connectivity index (χ1) is 16.8. The number of hydrogen-bond acceptors (Lipinski definition) is 6. The van der Waals surface area contributed by atoms with E-state index < -0.39 is 34.2 Å². The topological polar surface area (TPSA) is 113 Å². The number of nitrogens with one attached hydrogen (secondary N) is 1. The van der Waals surface area contributed by atoms with Crippen LogP contribution in [0.5, 0.6) is 0 Å². The number of rotatable bonds is 4. The molecular weight excluding hydrogens is 448 g/mol. The van der Waals surface area contributed by atoms with Crippen molar-refractivity contribution in [3.05, 3.63) is 106 Å². The van der Waals surface area contributed by atoms with E-state index >= 15 is 0 Å². The van der Waals surface area contributed by atoms with Crippen LogP contribution in [0, 0.1) is 15.5 Å². The second kappa shape index (κ2) is 8.35. The molecule has 2 atom stereocenters. The minimum absolute atomic E-state index is 0.00639. The summed E-state index contributed by atoms with van der Waals surface area (Å²) in [5.74, 6) is -1.34. The number of urea groups is 1. The van der Waals surface area contributed by atoms with Gasteiger partial charge in [-0.05, 0) is 22.8 Å². The van der Waals surface area contributed by atoms with Gasteiger partial charge >= 0.3 is 6.03 Å². The van der Waals surface area contributed by atoms with Crippen LogP contribution in [0.3, 0.4) is 0 Å². The fraction of sp³-hybridized carbons (Fsp3) is 0.192. The van der Waals surface area contributed by atoms with Crippen LogP contribution in [0.15, 0.2) is 78.9 Å². The summed E-state index contributed by atoms with van der Waals surface area (Å²) in [6.07, 6.45) is -0.0862. The van der Waals surface area contributed by atoms with Gasteiger partial charge in [0.25, 0.3) is 5.69 Å². The summed E-state index contributed by atoms with van der Waals surface area (Å²) < 4.78 is 0. The third kappa shape index (κ3) is 3.52. The lowest BCUT2D eigenvalue weighted by Crippen LogP contribution is -2.68. The van der Waals surface area contributed by atoms with Gasteiger partial charge in [0.05, 0.1) is 17.5 Å². The first-order valence-corrected chi connectivity index (χ1v) is 11.1. The molecule has 1 N–H and O–H groups in total. The summed E-state index contributed by atoms with van der Waals surface area (Å²) in [7, 11) is 1.75. The highest BCUT2D eigenvalue weighted by Crippen LogP contribution is 2.51. The van der Waals surface area contributed by atoms with E-state index in [0.29, 0.717) is 11.3 Å². The minimum Gasteiger partial charge on any atom is -0.366 e. The molecular formula is C26H22N4O5. The van der Waals surface area contributed by atoms with Crippen molar-refractivity contribution in [2.45, 2.75) is 19.0 Å². The number of carbonyl (C=O) groups is 3. The third-order valence-corrected chi connectivity index (χ3v) is 6.77. The van der Waals surface area contributed by atoms with Gasteiger partial charge in [-0.3, -0.25) is 29.9 Å². The Labute approximate surface area is 201 Å². The molecule has 3 aromatic rings. The standard InChI is InChI=1S/C26H22N4O5/c1-28-21-13-12-20(30(34)35)14-19(21)15-26(22(28)18-10-6-3-7-11-18)23(31)27-25(33)29(24(26)32)16-17-8-4-2-5-9-17/h2-14,22H,15-16H2,1H3,(H,27,31,33)/t22-,26-/m1/s1. The highest BCUT2D eigenvalue weighted by Gasteiger charge is 2.62. The Morgan fingerprint density at radius 3 is 2.31 bits per heavy atom. The van der Waals surface area contributed by atoms with Crippen LogP contribution in [0.4, 0.5) is 16.2 Å². The number of nitrogens with zero attached hydrogens (tertiary/aromatic N) is 3. The molecule has 3 aromatic carbocycles. The third-order valence-electron chi connectivity index (χ3n) is 6.77. The molecule has 9 nitrogen and oxygen atoms in total. The first-order valence-electron chi connectivity index (χ1n) is 11.1. The van der Waals surface area contributed by atoms with Crippen molar-refractivity contribution in [1.82, 2.24) is 10.2 Å². The Morgan fingerprint density at radius 2 is 1.66 bits per heavy atom. The van der Waals surface area contributed by atoms with Gasteiger partial charge in [0, 0.05) is 31.3 Å². The molecule has 1 saturated heterocycles. The van der Waals surface area contributed by atoms with Gasteiger partial charge < -0.3 is 4.90 Å². The lowest BCUT2D eigenvalue weighted by atomic mass is 9.66. The van der Waals surface area contributed by atoms with Crippen molar-refractivity contribution in [2.24, 2.45) is 5.41 Å². The van der Waals surface area contributed by atoms with Gasteiger partial charge in [-0.15, -0.1) is 0 Å². The Morgan fingerprint density at radius 1 is 1.00 bits per heavy atom. The number of non-ortho nitro benzene ring substituents is 1. The van der Waals surface area contributed by atoms with E-state index in [9.17, 15) is 24.5 Å². The molecule has 0 aliphatic carbocycles. The van der Waals surface area contributed by atoms with E-state index in [2.05, 4.69) is 5.32 Å². The van der Waals surface area contributed by atoms with E-state index in [-0.39, 0.29) is 18.7 Å². The van der Waals surface area contributed by atoms with Gasteiger partial charge in [-0.1, -0.05) is 60.7 Å². The number of hydrogen-bond donors (Lipinski definition) is 1. The molecule has 2 aliphatic heterocycles. The van der Waals surface area contributed by atoms with E-state index in [1.165, 1.54) is 12.1 Å². The fourth-order valence-electron chi connectivity index (χ4n) is 5.19. The van der Waals surface area contributed by atoms with E-state index in [1.54, 1.807) is 42.3 Å². The van der Waals surface area contributed by atoms with Crippen LogP contribution in [-0.2, 0) is 22.6 Å². The number of anilines is 1. The van der Waals surface area contributed by atoms with E-state index in [1.807, 2.05) is 36.4 Å². The molecule has 2 aliphatic rings. The summed E-state index contributed by atoms with van der Waals surface area (Å²) in [5.41, 5.74) is 0.787. The van der Waals surface area contributed by atoms with Crippen LogP contribution in [0.25, 0.3) is 0 Å².